The maximum absolute atomic E-state index is 11.1. The van der Waals surface area contributed by atoms with Gasteiger partial charge >= 0.3 is 0 Å². The molecular formula is C7H8ClNOS. The minimum absolute atomic E-state index is 0.654. The molecule has 0 aliphatic heterocycles. The van der Waals surface area contributed by atoms with Gasteiger partial charge in [-0.25, -0.2) is 8.93 Å². The van der Waals surface area contributed by atoms with E-state index in [-0.39, 0.29) is 0 Å². The molecule has 0 bridgehead atoms. The maximum Gasteiger partial charge on any atom is 0.124 e. The maximum atomic E-state index is 11.1. The molecule has 0 aromatic heterocycles. The molecule has 1 aromatic carbocycles. The van der Waals surface area contributed by atoms with Gasteiger partial charge in [-0.3, -0.25) is 0 Å². The van der Waals surface area contributed by atoms with Crippen molar-refractivity contribution in [2.24, 2.45) is 0 Å². The molecule has 1 N–H and O–H groups in total. The molecule has 0 aliphatic rings. The highest BCUT2D eigenvalue weighted by Crippen LogP contribution is 2.11. The van der Waals surface area contributed by atoms with Crippen LogP contribution < -0.4 is 4.72 Å². The SMILES string of the molecule is CNS(=O)c1ccc(Cl)cc1. The molecule has 0 amide bonds. The third kappa shape index (κ3) is 2.29. The second-order valence-corrected chi connectivity index (χ2v) is 3.78. The van der Waals surface area contributed by atoms with E-state index >= 15 is 0 Å². The molecule has 1 aromatic rings. The molecule has 11 heavy (non-hydrogen) atoms. The van der Waals surface area contributed by atoms with Crippen LogP contribution in [0.4, 0.5) is 0 Å². The van der Waals surface area contributed by atoms with Crippen LogP contribution in [0.5, 0.6) is 0 Å². The summed E-state index contributed by atoms with van der Waals surface area (Å²) in [7, 11) is 0.536. The van der Waals surface area contributed by atoms with Crippen molar-refractivity contribution in [3.8, 4) is 0 Å². The predicted molar refractivity (Wildman–Crippen MR) is 46.9 cm³/mol. The van der Waals surface area contributed by atoms with Gasteiger partial charge in [0, 0.05) is 5.02 Å². The Kier molecular flexibility index (Phi) is 3.05. The highest BCUT2D eigenvalue weighted by Gasteiger charge is 1.98. The molecule has 0 radical (unpaired) electrons. The first kappa shape index (κ1) is 8.71. The largest absolute Gasteiger partial charge is 0.238 e. The Morgan fingerprint density at radius 3 is 2.36 bits per heavy atom. The summed E-state index contributed by atoms with van der Waals surface area (Å²) in [6.07, 6.45) is 0. The lowest BCUT2D eigenvalue weighted by molar-refractivity contribution is 0.678. The molecule has 0 saturated carbocycles. The van der Waals surface area contributed by atoms with Crippen molar-refractivity contribution in [1.82, 2.24) is 4.72 Å². The lowest BCUT2D eigenvalue weighted by Crippen LogP contribution is -2.09. The van der Waals surface area contributed by atoms with Crippen LogP contribution in [-0.4, -0.2) is 11.3 Å². The molecule has 0 heterocycles. The molecule has 1 rings (SSSR count). The topological polar surface area (TPSA) is 29.1 Å². The fraction of sp³-hybridized carbons (Fsp3) is 0.143. The van der Waals surface area contributed by atoms with Crippen molar-refractivity contribution in [3.05, 3.63) is 29.3 Å². The van der Waals surface area contributed by atoms with Crippen LogP contribution in [-0.2, 0) is 11.0 Å². The van der Waals surface area contributed by atoms with Crippen LogP contribution >= 0.6 is 11.6 Å². The Hall–Kier alpha value is -0.380. The normalized spacial score (nSPS) is 12.9. The monoisotopic (exact) mass is 189 g/mol. The first-order valence-corrected chi connectivity index (χ1v) is 4.61. The van der Waals surface area contributed by atoms with Crippen LogP contribution in [0.15, 0.2) is 29.2 Å². The molecule has 1 atom stereocenters. The fourth-order valence-electron chi connectivity index (χ4n) is 0.676. The number of hydrogen-bond donors (Lipinski definition) is 1. The van der Waals surface area contributed by atoms with Gasteiger partial charge < -0.3 is 0 Å². The molecule has 0 spiro atoms. The quantitative estimate of drug-likeness (QED) is 0.752. The summed E-state index contributed by atoms with van der Waals surface area (Å²) in [5, 5.41) is 0.654. The highest BCUT2D eigenvalue weighted by atomic mass is 35.5. The summed E-state index contributed by atoms with van der Waals surface area (Å²) >= 11 is 5.64. The predicted octanol–water partition coefficient (Wildman–Crippen LogP) is 1.58. The Bertz CT molecular complexity index is 260. The van der Waals surface area contributed by atoms with E-state index in [0.29, 0.717) is 5.02 Å². The van der Waals surface area contributed by atoms with Gasteiger partial charge in [-0.2, -0.15) is 0 Å². The minimum Gasteiger partial charge on any atom is -0.238 e. The molecule has 4 heteroatoms. The van der Waals surface area contributed by atoms with Crippen molar-refractivity contribution in [2.75, 3.05) is 7.05 Å². The number of nitrogens with one attached hydrogen (secondary N) is 1. The number of halogens is 1. The van der Waals surface area contributed by atoms with Gasteiger partial charge in [-0.15, -0.1) is 0 Å². The van der Waals surface area contributed by atoms with E-state index in [1.54, 1.807) is 31.3 Å². The van der Waals surface area contributed by atoms with E-state index in [1.165, 1.54) is 0 Å². The van der Waals surface area contributed by atoms with Gasteiger partial charge in [-0.1, -0.05) is 11.6 Å². The Morgan fingerprint density at radius 1 is 1.36 bits per heavy atom. The summed E-state index contributed by atoms with van der Waals surface area (Å²) in [5.41, 5.74) is 0. The zero-order chi connectivity index (χ0) is 8.27. The number of hydrogen-bond acceptors (Lipinski definition) is 1. The van der Waals surface area contributed by atoms with Crippen molar-refractivity contribution in [1.29, 1.82) is 0 Å². The van der Waals surface area contributed by atoms with Gasteiger partial charge in [-0.05, 0) is 31.3 Å². The molecule has 60 valence electrons. The number of benzene rings is 1. The zero-order valence-corrected chi connectivity index (χ0v) is 7.58. The Morgan fingerprint density at radius 2 is 1.91 bits per heavy atom. The Labute approximate surface area is 73.2 Å². The first-order valence-electron chi connectivity index (χ1n) is 3.09. The standard InChI is InChI=1S/C7H8ClNOS/c1-9-11(10)7-4-2-6(8)3-5-7/h2-5,9H,1H3. The number of rotatable bonds is 2. The van der Waals surface area contributed by atoms with E-state index < -0.39 is 11.0 Å². The molecule has 0 fully saturated rings. The average molecular weight is 190 g/mol. The third-order valence-corrected chi connectivity index (χ3v) is 2.54. The van der Waals surface area contributed by atoms with Crippen molar-refractivity contribution in [2.45, 2.75) is 4.90 Å². The highest BCUT2D eigenvalue weighted by molar-refractivity contribution is 7.83. The van der Waals surface area contributed by atoms with Crippen molar-refractivity contribution in [3.63, 3.8) is 0 Å². The van der Waals surface area contributed by atoms with Crippen molar-refractivity contribution < 1.29 is 4.21 Å². The summed E-state index contributed by atoms with van der Waals surface area (Å²) < 4.78 is 13.7. The van der Waals surface area contributed by atoms with Crippen molar-refractivity contribution >= 4 is 22.6 Å². The summed E-state index contributed by atoms with van der Waals surface area (Å²) in [5.74, 6) is 0. The lowest BCUT2D eigenvalue weighted by atomic mass is 10.4. The third-order valence-electron chi connectivity index (χ3n) is 1.21. The van der Waals surface area contributed by atoms with Crippen LogP contribution in [0.1, 0.15) is 0 Å². The second kappa shape index (κ2) is 3.85. The minimum atomic E-state index is -1.11. The second-order valence-electron chi connectivity index (χ2n) is 1.93. The van der Waals surface area contributed by atoms with Gasteiger partial charge in [0.15, 0.2) is 0 Å². The van der Waals surface area contributed by atoms with Gasteiger partial charge in [0.2, 0.25) is 0 Å². The molecule has 0 aliphatic carbocycles. The molecule has 1 unspecified atom stereocenters. The molecule has 0 saturated heterocycles. The van der Waals surface area contributed by atoms with Crippen LogP contribution in [0.2, 0.25) is 5.02 Å². The van der Waals surface area contributed by atoms with Gasteiger partial charge in [0.25, 0.3) is 0 Å². The van der Waals surface area contributed by atoms with Gasteiger partial charge in [0.1, 0.15) is 11.0 Å². The summed E-state index contributed by atoms with van der Waals surface area (Å²) in [4.78, 5) is 0.733. The fourth-order valence-corrected chi connectivity index (χ4v) is 1.42. The van der Waals surface area contributed by atoms with Gasteiger partial charge in [0.05, 0.1) is 4.90 Å². The lowest BCUT2D eigenvalue weighted by Gasteiger charge is -1.98. The zero-order valence-electron chi connectivity index (χ0n) is 6.00. The van der Waals surface area contributed by atoms with E-state index in [2.05, 4.69) is 4.72 Å². The van der Waals surface area contributed by atoms with Crippen LogP contribution in [0.25, 0.3) is 0 Å². The van der Waals surface area contributed by atoms with E-state index in [0.717, 1.165) is 4.90 Å². The summed E-state index contributed by atoms with van der Waals surface area (Å²) in [6, 6.07) is 6.89. The smallest absolute Gasteiger partial charge is 0.124 e. The summed E-state index contributed by atoms with van der Waals surface area (Å²) in [6.45, 7) is 0. The van der Waals surface area contributed by atoms with Crippen LogP contribution in [0, 0.1) is 0 Å². The van der Waals surface area contributed by atoms with E-state index in [4.69, 9.17) is 11.6 Å². The van der Waals surface area contributed by atoms with E-state index in [1.807, 2.05) is 0 Å². The van der Waals surface area contributed by atoms with Crippen LogP contribution in [0.3, 0.4) is 0 Å². The Balaban J connectivity index is 2.90. The first-order chi connectivity index (χ1) is 5.24. The molecule has 2 nitrogen and oxygen atoms in total. The molecular weight excluding hydrogens is 182 g/mol. The average Bonchev–Trinajstić information content (AvgIpc) is 2.05. The van der Waals surface area contributed by atoms with E-state index in [9.17, 15) is 4.21 Å².